The molecule has 16 heavy (non-hydrogen) atoms. The Hall–Kier alpha value is -1.93. The van der Waals surface area contributed by atoms with E-state index in [1.807, 2.05) is 0 Å². The summed E-state index contributed by atoms with van der Waals surface area (Å²) in [5.41, 5.74) is 0.339. The van der Waals surface area contributed by atoms with Crippen molar-refractivity contribution in [3.8, 4) is 6.07 Å². The van der Waals surface area contributed by atoms with Gasteiger partial charge in [-0.1, -0.05) is 0 Å². The molecule has 0 radical (unpaired) electrons. The zero-order chi connectivity index (χ0) is 11.7. The van der Waals surface area contributed by atoms with Crippen molar-refractivity contribution in [3.63, 3.8) is 0 Å². The molecule has 5 heteroatoms. The van der Waals surface area contributed by atoms with Gasteiger partial charge in [-0.05, 0) is 18.2 Å². The van der Waals surface area contributed by atoms with E-state index in [9.17, 15) is 14.3 Å². The molecule has 0 bridgehead atoms. The molecule has 1 aliphatic heterocycles. The lowest BCUT2D eigenvalue weighted by atomic mass is 10.2. The van der Waals surface area contributed by atoms with Gasteiger partial charge in [-0.15, -0.1) is 0 Å². The number of rotatable bonds is 1. The third-order valence-corrected chi connectivity index (χ3v) is 2.49. The van der Waals surface area contributed by atoms with Crippen LogP contribution < -0.4 is 4.90 Å². The minimum absolute atomic E-state index is 0.0687. The van der Waals surface area contributed by atoms with Gasteiger partial charge in [-0.2, -0.15) is 5.26 Å². The van der Waals surface area contributed by atoms with Crippen LogP contribution >= 0.6 is 0 Å². The molecular weight excluding hydrogens is 211 g/mol. The normalized spacial score (nSPS) is 19.9. The van der Waals surface area contributed by atoms with Crippen molar-refractivity contribution in [1.29, 1.82) is 5.26 Å². The van der Waals surface area contributed by atoms with Crippen LogP contribution in [0.3, 0.4) is 0 Å². The SMILES string of the molecule is N#Cc1cc(N2CC(O)CC2=O)ccc1F. The van der Waals surface area contributed by atoms with Gasteiger partial charge in [0.05, 0.1) is 24.6 Å². The molecule has 1 aromatic carbocycles. The third kappa shape index (κ3) is 1.75. The average molecular weight is 220 g/mol. The van der Waals surface area contributed by atoms with Crippen LogP contribution in [0.1, 0.15) is 12.0 Å². The van der Waals surface area contributed by atoms with E-state index < -0.39 is 11.9 Å². The monoisotopic (exact) mass is 220 g/mol. The summed E-state index contributed by atoms with van der Waals surface area (Å²) in [6.07, 6.45) is -0.623. The first-order valence-corrected chi connectivity index (χ1v) is 4.80. The van der Waals surface area contributed by atoms with Gasteiger partial charge in [0.15, 0.2) is 0 Å². The molecule has 4 nitrogen and oxygen atoms in total. The quantitative estimate of drug-likeness (QED) is 0.761. The van der Waals surface area contributed by atoms with Crippen LogP contribution in [0.2, 0.25) is 0 Å². The van der Waals surface area contributed by atoms with Crippen LogP contribution in [0.4, 0.5) is 10.1 Å². The summed E-state index contributed by atoms with van der Waals surface area (Å²) in [5.74, 6) is -0.832. The Labute approximate surface area is 91.5 Å². The van der Waals surface area contributed by atoms with E-state index in [1.54, 1.807) is 6.07 Å². The van der Waals surface area contributed by atoms with Crippen LogP contribution in [-0.2, 0) is 4.79 Å². The number of nitrogens with zero attached hydrogens (tertiary/aromatic N) is 2. The zero-order valence-corrected chi connectivity index (χ0v) is 8.35. The van der Waals surface area contributed by atoms with E-state index in [2.05, 4.69) is 0 Å². The van der Waals surface area contributed by atoms with E-state index >= 15 is 0 Å². The Kier molecular flexibility index (Phi) is 2.59. The number of amides is 1. The zero-order valence-electron chi connectivity index (χ0n) is 8.35. The Bertz CT molecular complexity index is 481. The lowest BCUT2D eigenvalue weighted by Crippen LogP contribution is -2.25. The number of nitriles is 1. The largest absolute Gasteiger partial charge is 0.391 e. The van der Waals surface area contributed by atoms with Gasteiger partial charge in [0.2, 0.25) is 5.91 Å². The second-order valence-electron chi connectivity index (χ2n) is 3.64. The van der Waals surface area contributed by atoms with Crippen molar-refractivity contribution in [2.75, 3.05) is 11.4 Å². The van der Waals surface area contributed by atoms with Crippen molar-refractivity contribution in [3.05, 3.63) is 29.6 Å². The maximum atomic E-state index is 13.1. The van der Waals surface area contributed by atoms with Crippen LogP contribution in [0.5, 0.6) is 0 Å². The molecule has 2 rings (SSSR count). The number of carbonyl (C=O) groups is 1. The maximum absolute atomic E-state index is 13.1. The molecule has 1 unspecified atom stereocenters. The molecule has 1 saturated heterocycles. The van der Waals surface area contributed by atoms with Gasteiger partial charge in [0.25, 0.3) is 0 Å². The van der Waals surface area contributed by atoms with Gasteiger partial charge in [0.1, 0.15) is 11.9 Å². The first-order chi connectivity index (χ1) is 7.61. The van der Waals surface area contributed by atoms with E-state index in [1.165, 1.54) is 17.0 Å². The predicted molar refractivity (Wildman–Crippen MR) is 54.1 cm³/mol. The topological polar surface area (TPSA) is 64.3 Å². The van der Waals surface area contributed by atoms with Crippen LogP contribution in [0.15, 0.2) is 18.2 Å². The Balaban J connectivity index is 2.35. The molecular formula is C11H9FN2O2. The highest BCUT2D eigenvalue weighted by Gasteiger charge is 2.29. The molecule has 1 heterocycles. The van der Waals surface area contributed by atoms with Gasteiger partial charge in [-0.25, -0.2) is 4.39 Å². The smallest absolute Gasteiger partial charge is 0.229 e. The maximum Gasteiger partial charge on any atom is 0.229 e. The van der Waals surface area contributed by atoms with Crippen molar-refractivity contribution >= 4 is 11.6 Å². The fourth-order valence-electron chi connectivity index (χ4n) is 1.71. The number of benzene rings is 1. The number of aliphatic hydroxyl groups is 1. The van der Waals surface area contributed by atoms with Gasteiger partial charge >= 0.3 is 0 Å². The van der Waals surface area contributed by atoms with E-state index in [4.69, 9.17) is 5.26 Å². The standard InChI is InChI=1S/C11H9FN2O2/c12-10-2-1-8(3-7(10)5-13)14-6-9(15)4-11(14)16/h1-3,9,15H,4,6H2. The Morgan fingerprint density at radius 1 is 1.56 bits per heavy atom. The lowest BCUT2D eigenvalue weighted by molar-refractivity contribution is -0.117. The molecule has 0 aliphatic carbocycles. The first kappa shape index (κ1) is 10.6. The first-order valence-electron chi connectivity index (χ1n) is 4.80. The molecule has 0 aromatic heterocycles. The van der Waals surface area contributed by atoms with Gasteiger partial charge in [-0.3, -0.25) is 4.79 Å². The predicted octanol–water partition coefficient (Wildman–Crippen LogP) is 0.795. The lowest BCUT2D eigenvalue weighted by Gasteiger charge is -2.15. The number of β-amino-alcohol motifs (C(OH)–C–C–N with tert-alkyl or cyclic N) is 1. The van der Waals surface area contributed by atoms with Crippen molar-refractivity contribution < 1.29 is 14.3 Å². The summed E-state index contributed by atoms with van der Waals surface area (Å²) in [6, 6.07) is 5.59. The third-order valence-electron chi connectivity index (χ3n) is 2.49. The summed E-state index contributed by atoms with van der Waals surface area (Å²) in [4.78, 5) is 12.8. The molecule has 1 atom stereocenters. The highest BCUT2D eigenvalue weighted by molar-refractivity contribution is 5.96. The summed E-state index contributed by atoms with van der Waals surface area (Å²) in [5, 5.41) is 18.0. The number of hydrogen-bond donors (Lipinski definition) is 1. The van der Waals surface area contributed by atoms with Crippen molar-refractivity contribution in [2.45, 2.75) is 12.5 Å². The summed E-state index contributed by atoms with van der Waals surface area (Å²) in [6.45, 7) is 0.190. The minimum atomic E-state index is -0.692. The number of hydrogen-bond acceptors (Lipinski definition) is 3. The Morgan fingerprint density at radius 3 is 2.88 bits per heavy atom. The minimum Gasteiger partial charge on any atom is -0.391 e. The van der Waals surface area contributed by atoms with Crippen LogP contribution in [0, 0.1) is 17.1 Å². The Morgan fingerprint density at radius 2 is 2.31 bits per heavy atom. The fourth-order valence-corrected chi connectivity index (χ4v) is 1.71. The summed E-state index contributed by atoms with van der Waals surface area (Å²) < 4.78 is 13.1. The van der Waals surface area contributed by atoms with E-state index in [0.29, 0.717) is 5.69 Å². The number of anilines is 1. The second kappa shape index (κ2) is 3.91. The van der Waals surface area contributed by atoms with Crippen molar-refractivity contribution in [2.24, 2.45) is 0 Å². The van der Waals surface area contributed by atoms with Crippen molar-refractivity contribution in [1.82, 2.24) is 0 Å². The van der Waals surface area contributed by atoms with E-state index in [-0.39, 0.29) is 24.4 Å². The molecule has 1 fully saturated rings. The average Bonchev–Trinajstić information content (AvgIpc) is 2.59. The van der Waals surface area contributed by atoms with Crippen LogP contribution in [0.25, 0.3) is 0 Å². The number of halogens is 1. The second-order valence-corrected chi connectivity index (χ2v) is 3.64. The molecule has 1 aliphatic rings. The molecule has 82 valence electrons. The summed E-state index contributed by atoms with van der Waals surface area (Å²) in [7, 11) is 0. The highest BCUT2D eigenvalue weighted by atomic mass is 19.1. The molecule has 0 spiro atoms. The molecule has 1 amide bonds. The fraction of sp³-hybridized carbons (Fsp3) is 0.273. The number of aliphatic hydroxyl groups excluding tert-OH is 1. The molecule has 1 N–H and O–H groups in total. The number of carbonyl (C=O) groups excluding carboxylic acids is 1. The summed E-state index contributed by atoms with van der Waals surface area (Å²) >= 11 is 0. The van der Waals surface area contributed by atoms with Crippen LogP contribution in [-0.4, -0.2) is 23.7 Å². The molecule has 0 saturated carbocycles. The van der Waals surface area contributed by atoms with E-state index in [0.717, 1.165) is 6.07 Å². The van der Waals surface area contributed by atoms with Gasteiger partial charge < -0.3 is 10.0 Å². The molecule has 1 aromatic rings. The van der Waals surface area contributed by atoms with Gasteiger partial charge in [0, 0.05) is 5.69 Å². The highest BCUT2D eigenvalue weighted by Crippen LogP contribution is 2.23.